The number of β-lactam (4-membered cyclic amide) rings is 1. The molecule has 2 amide bonds. The second-order valence-corrected chi connectivity index (χ2v) is 7.38. The Labute approximate surface area is 168 Å². The second kappa shape index (κ2) is 7.04. The summed E-state index contributed by atoms with van der Waals surface area (Å²) in [4.78, 5) is 40.2. The van der Waals surface area contributed by atoms with Gasteiger partial charge in [-0.1, -0.05) is 18.7 Å². The Morgan fingerprint density at radius 1 is 1.45 bits per heavy atom. The van der Waals surface area contributed by atoms with E-state index in [1.807, 2.05) is 0 Å². The maximum Gasteiger partial charge on any atom is 0.355 e. The number of carbonyl (C=O) groups excluding carboxylic acids is 3. The summed E-state index contributed by atoms with van der Waals surface area (Å²) in [5.41, 5.74) is 2.13. The summed E-state index contributed by atoms with van der Waals surface area (Å²) in [7, 11) is 1.66. The molecule has 1 N–H and O–H groups in total. The van der Waals surface area contributed by atoms with Gasteiger partial charge in [0.2, 0.25) is 5.91 Å². The molecular weight excluding hydrogens is 376 g/mol. The largest absolute Gasteiger partial charge is 0.482 e. The third kappa shape index (κ3) is 2.91. The van der Waals surface area contributed by atoms with Crippen molar-refractivity contribution in [3.05, 3.63) is 42.1 Å². The Morgan fingerprint density at radius 3 is 2.90 bits per heavy atom. The molecule has 1 aromatic rings. The molecule has 0 spiro atoms. The number of anilines is 1. The van der Waals surface area contributed by atoms with Crippen molar-refractivity contribution < 1.29 is 29.0 Å². The van der Waals surface area contributed by atoms with Crippen molar-refractivity contribution >= 4 is 29.0 Å². The van der Waals surface area contributed by atoms with Gasteiger partial charge in [0.05, 0.1) is 23.8 Å². The van der Waals surface area contributed by atoms with E-state index < -0.39 is 18.0 Å². The molecule has 4 rings (SSSR count). The standard InChI is InChI=1S/C21H22N2O6/c1-4-7-28-21(27)19-13(9-15-18(11(2)24)20(26)23(15)19)12-5-6-16-14(8-12)22(3)17(25)10-29-16/h4-6,8,11,15,18,24H,1,7,9-10H2,2-3H3/t11-,15-,18-/m1/s1. The summed E-state index contributed by atoms with van der Waals surface area (Å²) in [5, 5.41) is 9.98. The lowest BCUT2D eigenvalue weighted by atomic mass is 9.82. The molecule has 0 aliphatic carbocycles. The molecule has 0 aromatic heterocycles. The number of rotatable bonds is 5. The van der Waals surface area contributed by atoms with Crippen molar-refractivity contribution in [2.45, 2.75) is 25.5 Å². The number of nitrogens with zero attached hydrogens (tertiary/aromatic N) is 2. The molecule has 0 bridgehead atoms. The van der Waals surface area contributed by atoms with Gasteiger partial charge < -0.3 is 24.4 Å². The Kier molecular flexibility index (Phi) is 4.66. The molecule has 3 aliphatic rings. The molecule has 1 aromatic carbocycles. The van der Waals surface area contributed by atoms with E-state index in [9.17, 15) is 19.5 Å². The first-order valence-electron chi connectivity index (χ1n) is 9.41. The van der Waals surface area contributed by atoms with Crippen LogP contribution in [0.5, 0.6) is 5.75 Å². The summed E-state index contributed by atoms with van der Waals surface area (Å²) in [6.07, 6.45) is 1.06. The van der Waals surface area contributed by atoms with E-state index in [2.05, 4.69) is 6.58 Å². The van der Waals surface area contributed by atoms with E-state index in [1.54, 1.807) is 32.2 Å². The average molecular weight is 398 g/mol. The van der Waals surface area contributed by atoms with Gasteiger partial charge >= 0.3 is 5.97 Å². The smallest absolute Gasteiger partial charge is 0.355 e. The van der Waals surface area contributed by atoms with E-state index in [1.165, 1.54) is 15.9 Å². The van der Waals surface area contributed by atoms with Gasteiger partial charge in [-0.3, -0.25) is 9.59 Å². The first kappa shape index (κ1) is 19.2. The fourth-order valence-electron chi connectivity index (χ4n) is 4.18. The van der Waals surface area contributed by atoms with Crippen LogP contribution >= 0.6 is 0 Å². The van der Waals surface area contributed by atoms with Gasteiger partial charge in [-0.2, -0.15) is 0 Å². The van der Waals surface area contributed by atoms with E-state index in [-0.39, 0.29) is 36.8 Å². The van der Waals surface area contributed by atoms with Crippen molar-refractivity contribution in [2.24, 2.45) is 5.92 Å². The molecule has 3 aliphatic heterocycles. The van der Waals surface area contributed by atoms with Crippen LogP contribution < -0.4 is 9.64 Å². The maximum atomic E-state index is 12.7. The van der Waals surface area contributed by atoms with Crippen molar-refractivity contribution in [3.63, 3.8) is 0 Å². The fraction of sp³-hybridized carbons (Fsp3) is 0.381. The first-order chi connectivity index (χ1) is 13.8. The second-order valence-electron chi connectivity index (χ2n) is 7.38. The van der Waals surface area contributed by atoms with Gasteiger partial charge in [-0.15, -0.1) is 0 Å². The molecule has 8 nitrogen and oxygen atoms in total. The van der Waals surface area contributed by atoms with Gasteiger partial charge in [0, 0.05) is 7.05 Å². The fourth-order valence-corrected chi connectivity index (χ4v) is 4.18. The Hall–Kier alpha value is -3.13. The minimum atomic E-state index is -0.811. The van der Waals surface area contributed by atoms with Crippen molar-refractivity contribution in [3.8, 4) is 5.75 Å². The predicted octanol–water partition coefficient (Wildman–Crippen LogP) is 1.09. The molecule has 152 valence electrons. The molecule has 0 unspecified atom stereocenters. The van der Waals surface area contributed by atoms with Gasteiger partial charge in [-0.05, 0) is 36.6 Å². The lowest BCUT2D eigenvalue weighted by Gasteiger charge is -2.44. The molecule has 3 heterocycles. The van der Waals surface area contributed by atoms with Crippen LogP contribution in [0.25, 0.3) is 5.57 Å². The average Bonchev–Trinajstić information content (AvgIpc) is 3.03. The van der Waals surface area contributed by atoms with Crippen LogP contribution in [-0.2, 0) is 19.1 Å². The van der Waals surface area contributed by atoms with E-state index in [4.69, 9.17) is 9.47 Å². The van der Waals surface area contributed by atoms with Crippen LogP contribution in [0.2, 0.25) is 0 Å². The zero-order chi connectivity index (χ0) is 20.9. The number of esters is 1. The Balaban J connectivity index is 1.77. The zero-order valence-corrected chi connectivity index (χ0v) is 16.3. The predicted molar refractivity (Wildman–Crippen MR) is 104 cm³/mol. The lowest BCUT2D eigenvalue weighted by molar-refractivity contribution is -0.162. The number of ether oxygens (including phenoxy) is 2. The summed E-state index contributed by atoms with van der Waals surface area (Å²) < 4.78 is 10.7. The zero-order valence-electron chi connectivity index (χ0n) is 16.3. The van der Waals surface area contributed by atoms with Crippen LogP contribution in [0.3, 0.4) is 0 Å². The number of hydrogen-bond acceptors (Lipinski definition) is 6. The molecule has 0 radical (unpaired) electrons. The van der Waals surface area contributed by atoms with Crippen LogP contribution in [0.15, 0.2) is 36.6 Å². The normalized spacial score (nSPS) is 23.8. The van der Waals surface area contributed by atoms with Crippen molar-refractivity contribution in [1.29, 1.82) is 0 Å². The van der Waals surface area contributed by atoms with Crippen LogP contribution in [-0.4, -0.2) is 60.2 Å². The Bertz CT molecular complexity index is 950. The number of carbonyl (C=O) groups is 3. The number of amides is 2. The number of fused-ring (bicyclic) bond motifs is 2. The topological polar surface area (TPSA) is 96.4 Å². The maximum absolute atomic E-state index is 12.7. The number of aliphatic hydroxyl groups excluding tert-OH is 1. The minimum Gasteiger partial charge on any atom is -0.482 e. The molecule has 0 saturated carbocycles. The van der Waals surface area contributed by atoms with Crippen LogP contribution in [0, 0.1) is 5.92 Å². The Morgan fingerprint density at radius 2 is 2.21 bits per heavy atom. The highest BCUT2D eigenvalue weighted by Gasteiger charge is 2.57. The monoisotopic (exact) mass is 398 g/mol. The molecular formula is C21H22N2O6. The molecule has 3 atom stereocenters. The summed E-state index contributed by atoms with van der Waals surface area (Å²) in [6, 6.07) is 5.02. The number of aliphatic hydroxyl groups is 1. The lowest BCUT2D eigenvalue weighted by Crippen LogP contribution is -2.61. The SMILES string of the molecule is C=CCOC(=O)C1=C(c2ccc3c(c2)N(C)C(=O)CO3)C[C@@H]2[C@@H]([C@@H](C)O)C(=O)N12. The van der Waals surface area contributed by atoms with Crippen molar-refractivity contribution in [2.75, 3.05) is 25.2 Å². The number of hydrogen-bond donors (Lipinski definition) is 1. The van der Waals surface area contributed by atoms with E-state index >= 15 is 0 Å². The van der Waals surface area contributed by atoms with Gasteiger partial charge in [0.1, 0.15) is 18.1 Å². The molecule has 1 saturated heterocycles. The number of likely N-dealkylation sites (N-methyl/N-ethyl adjacent to an activating group) is 1. The van der Waals surface area contributed by atoms with E-state index in [0.717, 1.165) is 0 Å². The third-order valence-electron chi connectivity index (χ3n) is 5.65. The quantitative estimate of drug-likeness (QED) is 0.453. The molecule has 29 heavy (non-hydrogen) atoms. The van der Waals surface area contributed by atoms with Gasteiger partial charge in [0.15, 0.2) is 6.61 Å². The first-order valence-corrected chi connectivity index (χ1v) is 9.41. The minimum absolute atomic E-state index is 0.0227. The van der Waals surface area contributed by atoms with E-state index in [0.29, 0.717) is 29.0 Å². The highest BCUT2D eigenvalue weighted by molar-refractivity contribution is 6.07. The summed E-state index contributed by atoms with van der Waals surface area (Å²) in [5.74, 6) is -1.06. The molecule has 8 heteroatoms. The van der Waals surface area contributed by atoms with Crippen LogP contribution in [0.4, 0.5) is 5.69 Å². The van der Waals surface area contributed by atoms with Gasteiger partial charge in [-0.25, -0.2) is 4.79 Å². The van der Waals surface area contributed by atoms with Crippen molar-refractivity contribution in [1.82, 2.24) is 4.90 Å². The third-order valence-corrected chi connectivity index (χ3v) is 5.65. The number of benzene rings is 1. The summed E-state index contributed by atoms with van der Waals surface area (Å²) in [6.45, 7) is 5.12. The highest BCUT2D eigenvalue weighted by atomic mass is 16.5. The van der Waals surface area contributed by atoms with Crippen LogP contribution in [0.1, 0.15) is 18.9 Å². The summed E-state index contributed by atoms with van der Waals surface area (Å²) >= 11 is 0. The molecule has 1 fully saturated rings. The highest BCUT2D eigenvalue weighted by Crippen LogP contribution is 2.48. The van der Waals surface area contributed by atoms with Gasteiger partial charge in [0.25, 0.3) is 5.91 Å².